The predicted octanol–water partition coefficient (Wildman–Crippen LogP) is 1.37. The van der Waals surface area contributed by atoms with Crippen LogP contribution in [0, 0.1) is 0 Å². The summed E-state index contributed by atoms with van der Waals surface area (Å²) in [5.41, 5.74) is 3.54. The van der Waals surface area contributed by atoms with Crippen molar-refractivity contribution in [1.29, 1.82) is 0 Å². The molecule has 5 rings (SSSR count). The summed E-state index contributed by atoms with van der Waals surface area (Å²) >= 11 is 15.0. The first-order chi connectivity index (χ1) is 21.6. The quantitative estimate of drug-likeness (QED) is 0.182. The van der Waals surface area contributed by atoms with Gasteiger partial charge in [-0.25, -0.2) is 0 Å². The van der Waals surface area contributed by atoms with Gasteiger partial charge in [0.25, 0.3) is 0 Å². The van der Waals surface area contributed by atoms with Crippen molar-refractivity contribution in [3.05, 3.63) is 57.6 Å². The number of hydrogen-bond donors (Lipinski definition) is 6. The number of aryl methyl sites for hydroxylation is 1. The number of carbonyl (C=O) groups excluding carboxylic acids is 2. The third-order valence-electron chi connectivity index (χ3n) is 8.60. The highest BCUT2D eigenvalue weighted by Gasteiger charge is 2.40. The van der Waals surface area contributed by atoms with Crippen molar-refractivity contribution in [3.63, 3.8) is 0 Å². The molecule has 2 amide bonds. The first kappa shape index (κ1) is 34.2. The summed E-state index contributed by atoms with van der Waals surface area (Å²) in [4.78, 5) is 32.8. The topological polar surface area (TPSA) is 157 Å². The van der Waals surface area contributed by atoms with E-state index in [1.165, 1.54) is 12.8 Å². The Hall–Kier alpha value is -2.13. The molecular formula is C31H40Cl2N4O7S. The van der Waals surface area contributed by atoms with Crippen LogP contribution in [0.2, 0.25) is 10.0 Å². The van der Waals surface area contributed by atoms with E-state index in [0.717, 1.165) is 23.5 Å². The smallest absolute Gasteiger partial charge is 0.245 e. The average molecular weight is 684 g/mol. The Morgan fingerprint density at radius 1 is 0.956 bits per heavy atom. The Kier molecular flexibility index (Phi) is 11.5. The zero-order valence-corrected chi connectivity index (χ0v) is 27.1. The van der Waals surface area contributed by atoms with Crippen LogP contribution in [0.4, 0.5) is 11.4 Å². The summed E-state index contributed by atoms with van der Waals surface area (Å²) < 4.78 is 0. The van der Waals surface area contributed by atoms with E-state index in [1.54, 1.807) is 23.9 Å². The lowest BCUT2D eigenvalue weighted by molar-refractivity contribution is -0.126. The standard InChI is InChI=1S/C31H40Cl2N4O7S/c32-21-12-19(22(33)11-18(21)5-8-28(41)34-13-26(39)29(42)30(43)27(40)15-38)14-35-17-45-16-25(35)31(44)37-10-9-36(20-6-7-20)23-3-1-2-4-24(23)37/h1-4,11-12,20,25-27,29-30,38-40,42-43H,5-10,13-17H2,(H,34,41)/t25-,26-,27+,29+,30+/m0/s1. The third-order valence-corrected chi connectivity index (χ3v) is 10.4. The zero-order chi connectivity index (χ0) is 32.2. The molecule has 1 aliphatic carbocycles. The largest absolute Gasteiger partial charge is 0.394 e. The van der Waals surface area contributed by atoms with Gasteiger partial charge in [-0.1, -0.05) is 35.3 Å². The highest BCUT2D eigenvalue weighted by molar-refractivity contribution is 7.99. The average Bonchev–Trinajstić information content (AvgIpc) is 3.79. The van der Waals surface area contributed by atoms with Crippen molar-refractivity contribution < 1.29 is 35.1 Å². The van der Waals surface area contributed by atoms with Crippen molar-refractivity contribution in [3.8, 4) is 0 Å². The Morgan fingerprint density at radius 2 is 1.62 bits per heavy atom. The summed E-state index contributed by atoms with van der Waals surface area (Å²) in [7, 11) is 0. The number of aliphatic hydroxyl groups is 5. The number of thioether (sulfide) groups is 1. The fourth-order valence-electron chi connectivity index (χ4n) is 5.82. The van der Waals surface area contributed by atoms with Crippen LogP contribution in [0.25, 0.3) is 0 Å². The molecule has 0 aromatic heterocycles. The molecule has 0 spiro atoms. The molecule has 1 saturated carbocycles. The maximum atomic E-state index is 13.9. The van der Waals surface area contributed by atoms with Crippen molar-refractivity contribution in [2.24, 2.45) is 0 Å². The summed E-state index contributed by atoms with van der Waals surface area (Å²) in [6.45, 7) is 0.781. The minimum atomic E-state index is -1.77. The van der Waals surface area contributed by atoms with Crippen LogP contribution in [0.5, 0.6) is 0 Å². The van der Waals surface area contributed by atoms with Crippen molar-refractivity contribution >= 4 is 58.2 Å². The van der Waals surface area contributed by atoms with Crippen molar-refractivity contribution in [2.75, 3.05) is 47.7 Å². The predicted molar refractivity (Wildman–Crippen MR) is 175 cm³/mol. The third kappa shape index (κ3) is 8.06. The van der Waals surface area contributed by atoms with Crippen LogP contribution in [-0.2, 0) is 22.6 Å². The molecule has 1 saturated heterocycles. The highest BCUT2D eigenvalue weighted by atomic mass is 35.5. The number of rotatable bonds is 13. The molecule has 0 bridgehead atoms. The van der Waals surface area contributed by atoms with Crippen LogP contribution in [-0.4, -0.2) is 117 Å². The number of benzene rings is 2. The van der Waals surface area contributed by atoms with Crippen LogP contribution >= 0.6 is 35.0 Å². The van der Waals surface area contributed by atoms with E-state index in [4.69, 9.17) is 28.3 Å². The van der Waals surface area contributed by atoms with Gasteiger partial charge in [-0.05, 0) is 54.7 Å². The number of amides is 2. The molecular weight excluding hydrogens is 643 g/mol. The number of nitrogens with one attached hydrogen (secondary N) is 1. The maximum absolute atomic E-state index is 13.9. The molecule has 5 atom stereocenters. The minimum absolute atomic E-state index is 0.0227. The normalized spacial score (nSPS) is 21.3. The molecule has 45 heavy (non-hydrogen) atoms. The monoisotopic (exact) mass is 682 g/mol. The number of hydrogen-bond acceptors (Lipinski definition) is 10. The Labute approximate surface area is 276 Å². The second kappa shape index (κ2) is 15.2. The zero-order valence-electron chi connectivity index (χ0n) is 24.8. The Bertz CT molecular complexity index is 1370. The van der Waals surface area contributed by atoms with Gasteiger partial charge in [-0.2, -0.15) is 0 Å². The summed E-state index contributed by atoms with van der Waals surface area (Å²) in [5, 5.41) is 51.3. The SMILES string of the molecule is O=C(CCc1cc(Cl)c(CN2CSC[C@H]2C(=O)N2CCN(C3CC3)c3ccccc32)cc1Cl)NC[C@H](O)[C@@H](O)[C@H](O)[C@H](O)CO. The summed E-state index contributed by atoms with van der Waals surface area (Å²) in [6.07, 6.45) is -4.02. The van der Waals surface area contributed by atoms with Gasteiger partial charge in [-0.15, -0.1) is 11.8 Å². The van der Waals surface area contributed by atoms with E-state index in [1.807, 2.05) is 23.1 Å². The van der Waals surface area contributed by atoms with E-state index in [2.05, 4.69) is 21.2 Å². The number of aliphatic hydroxyl groups excluding tert-OH is 5. The molecule has 2 aromatic carbocycles. The Morgan fingerprint density at radius 3 is 2.33 bits per heavy atom. The molecule has 0 radical (unpaired) electrons. The lowest BCUT2D eigenvalue weighted by Gasteiger charge is -2.39. The second-order valence-electron chi connectivity index (χ2n) is 11.8. The van der Waals surface area contributed by atoms with Crippen molar-refractivity contribution in [2.45, 2.75) is 68.7 Å². The van der Waals surface area contributed by atoms with E-state index < -0.39 is 36.9 Å². The number of fused-ring (bicyclic) bond motifs is 1. The van der Waals surface area contributed by atoms with E-state index in [9.17, 15) is 30.0 Å². The first-order valence-electron chi connectivity index (χ1n) is 15.1. The fraction of sp³-hybridized carbons (Fsp3) is 0.548. The maximum Gasteiger partial charge on any atom is 0.245 e. The minimum Gasteiger partial charge on any atom is -0.394 e. The molecule has 2 aromatic rings. The summed E-state index contributed by atoms with van der Waals surface area (Å²) in [6, 6.07) is 11.9. The summed E-state index contributed by atoms with van der Waals surface area (Å²) in [5.74, 6) is 1.04. The second-order valence-corrected chi connectivity index (χ2v) is 13.6. The van der Waals surface area contributed by atoms with Crippen LogP contribution in [0.15, 0.2) is 36.4 Å². The van der Waals surface area contributed by atoms with Gasteiger partial charge in [0.15, 0.2) is 0 Å². The lowest BCUT2D eigenvalue weighted by Crippen LogP contribution is -2.52. The first-order valence-corrected chi connectivity index (χ1v) is 17.1. The Balaban J connectivity index is 1.16. The molecule has 2 fully saturated rings. The van der Waals surface area contributed by atoms with Gasteiger partial charge in [0, 0.05) is 60.3 Å². The number of para-hydroxylation sites is 2. The van der Waals surface area contributed by atoms with Gasteiger partial charge in [0.05, 0.1) is 30.1 Å². The highest BCUT2D eigenvalue weighted by Crippen LogP contribution is 2.41. The molecule has 11 nitrogen and oxygen atoms in total. The van der Waals surface area contributed by atoms with Gasteiger partial charge < -0.3 is 40.6 Å². The number of nitrogens with zero attached hydrogens (tertiary/aromatic N) is 3. The lowest BCUT2D eigenvalue weighted by atomic mass is 10.0. The molecule has 246 valence electrons. The number of carbonyl (C=O) groups is 2. The fourth-order valence-corrected chi connectivity index (χ4v) is 7.53. The molecule has 14 heteroatoms. The van der Waals surface area contributed by atoms with Crippen LogP contribution in [0.3, 0.4) is 0 Å². The number of halogens is 2. The van der Waals surface area contributed by atoms with Gasteiger partial charge in [0.1, 0.15) is 18.3 Å². The molecule has 0 unspecified atom stereocenters. The molecule has 3 aliphatic rings. The molecule has 6 N–H and O–H groups in total. The van der Waals surface area contributed by atoms with Crippen LogP contribution in [0.1, 0.15) is 30.4 Å². The van der Waals surface area contributed by atoms with Gasteiger partial charge >= 0.3 is 0 Å². The van der Waals surface area contributed by atoms with E-state index in [0.29, 0.717) is 46.4 Å². The number of anilines is 2. The van der Waals surface area contributed by atoms with Gasteiger partial charge in [0.2, 0.25) is 11.8 Å². The van der Waals surface area contributed by atoms with E-state index in [-0.39, 0.29) is 31.3 Å². The van der Waals surface area contributed by atoms with Crippen LogP contribution < -0.4 is 15.1 Å². The van der Waals surface area contributed by atoms with Gasteiger partial charge in [-0.3, -0.25) is 14.5 Å². The van der Waals surface area contributed by atoms with Crippen molar-refractivity contribution in [1.82, 2.24) is 10.2 Å². The van der Waals surface area contributed by atoms with E-state index >= 15 is 0 Å². The molecule has 2 aliphatic heterocycles. The molecule has 2 heterocycles.